The first kappa shape index (κ1) is 18.3. The zero-order chi connectivity index (χ0) is 18.8. The molecule has 6 nitrogen and oxygen atoms in total. The van der Waals surface area contributed by atoms with E-state index in [-0.39, 0.29) is 36.6 Å². The average molecular weight is 372 g/mol. The first-order valence-electron chi connectivity index (χ1n) is 10.1. The second-order valence-corrected chi connectivity index (χ2v) is 8.06. The van der Waals surface area contributed by atoms with Gasteiger partial charge in [-0.1, -0.05) is 6.42 Å². The Bertz CT molecular complexity index is 706. The molecule has 146 valence electrons. The summed E-state index contributed by atoms with van der Waals surface area (Å²) in [5.74, 6) is 2.17. The number of Topliss-reactive ketones (excluding diaryl/α,β-unsaturated/α-hetero) is 1. The van der Waals surface area contributed by atoms with Crippen LogP contribution in [0.15, 0.2) is 18.2 Å². The van der Waals surface area contributed by atoms with E-state index in [4.69, 9.17) is 15.2 Å². The van der Waals surface area contributed by atoms with Gasteiger partial charge in [0.15, 0.2) is 17.3 Å². The molecule has 0 saturated heterocycles. The van der Waals surface area contributed by atoms with Crippen molar-refractivity contribution in [3.63, 3.8) is 0 Å². The van der Waals surface area contributed by atoms with E-state index in [2.05, 4.69) is 5.32 Å². The number of ketones is 1. The van der Waals surface area contributed by atoms with Crippen molar-refractivity contribution in [3.8, 4) is 11.5 Å². The summed E-state index contributed by atoms with van der Waals surface area (Å²) in [4.78, 5) is 24.9. The summed E-state index contributed by atoms with van der Waals surface area (Å²) in [5, 5.41) is 3.21. The van der Waals surface area contributed by atoms with Crippen molar-refractivity contribution in [1.29, 1.82) is 0 Å². The van der Waals surface area contributed by atoms with Crippen molar-refractivity contribution in [2.45, 2.75) is 57.0 Å². The fourth-order valence-electron chi connectivity index (χ4n) is 4.87. The van der Waals surface area contributed by atoms with Gasteiger partial charge in [-0.2, -0.15) is 0 Å². The molecule has 6 heteroatoms. The van der Waals surface area contributed by atoms with E-state index in [1.165, 1.54) is 6.42 Å². The second kappa shape index (κ2) is 7.89. The highest BCUT2D eigenvalue weighted by Gasteiger charge is 2.39. The van der Waals surface area contributed by atoms with Crippen molar-refractivity contribution >= 4 is 11.7 Å². The fraction of sp³-hybridized carbons (Fsp3) is 0.619. The lowest BCUT2D eigenvalue weighted by atomic mass is 9.67. The smallest absolute Gasteiger partial charge is 0.220 e. The van der Waals surface area contributed by atoms with Crippen LogP contribution in [-0.2, 0) is 4.79 Å². The Morgan fingerprint density at radius 2 is 1.74 bits per heavy atom. The van der Waals surface area contributed by atoms with Crippen LogP contribution in [0.3, 0.4) is 0 Å². The third-order valence-electron chi connectivity index (χ3n) is 6.15. The van der Waals surface area contributed by atoms with Gasteiger partial charge in [-0.3, -0.25) is 9.59 Å². The van der Waals surface area contributed by atoms with Crippen LogP contribution < -0.4 is 20.5 Å². The van der Waals surface area contributed by atoms with E-state index < -0.39 is 0 Å². The van der Waals surface area contributed by atoms with Crippen LogP contribution in [0.2, 0.25) is 0 Å². The Balaban J connectivity index is 1.31. The standard InChI is InChI=1S/C21H28N2O4/c22-16-10-14-2-1-3-15(11-16)21(14)23-20(25)7-5-17(24)13-4-6-18-19(12-13)27-9-8-26-18/h4,6,12,14-16,21H,1-3,5,7-11,22H2,(H,23,25). The van der Waals surface area contributed by atoms with Gasteiger partial charge in [0.25, 0.3) is 0 Å². The summed E-state index contributed by atoms with van der Waals surface area (Å²) < 4.78 is 11.0. The maximum atomic E-state index is 12.5. The van der Waals surface area contributed by atoms with Crippen molar-refractivity contribution in [2.24, 2.45) is 17.6 Å². The SMILES string of the molecule is NC1CC2CCCC(C1)C2NC(=O)CCC(=O)c1ccc2c(c1)OCCO2. The molecule has 1 aliphatic heterocycles. The minimum atomic E-state index is -0.0482. The monoisotopic (exact) mass is 372 g/mol. The number of fused-ring (bicyclic) bond motifs is 3. The first-order valence-corrected chi connectivity index (χ1v) is 10.1. The molecule has 0 radical (unpaired) electrons. The third kappa shape index (κ3) is 4.10. The molecule has 1 heterocycles. The van der Waals surface area contributed by atoms with E-state index in [1.807, 2.05) is 0 Å². The molecule has 2 saturated carbocycles. The number of carbonyl (C=O) groups is 2. The Hall–Kier alpha value is -2.08. The van der Waals surface area contributed by atoms with Crippen molar-refractivity contribution in [1.82, 2.24) is 5.32 Å². The highest BCUT2D eigenvalue weighted by molar-refractivity contribution is 5.98. The van der Waals surface area contributed by atoms with E-state index >= 15 is 0 Å². The van der Waals surface area contributed by atoms with Crippen LogP contribution >= 0.6 is 0 Å². The maximum Gasteiger partial charge on any atom is 0.220 e. The number of hydrogen-bond acceptors (Lipinski definition) is 5. The van der Waals surface area contributed by atoms with E-state index in [0.29, 0.717) is 42.1 Å². The number of hydrogen-bond donors (Lipinski definition) is 2. The zero-order valence-electron chi connectivity index (χ0n) is 15.6. The molecular weight excluding hydrogens is 344 g/mol. The molecular formula is C21H28N2O4. The number of nitrogens with one attached hydrogen (secondary N) is 1. The van der Waals surface area contributed by atoms with Gasteiger partial charge in [-0.15, -0.1) is 0 Å². The molecule has 1 aromatic rings. The van der Waals surface area contributed by atoms with Gasteiger partial charge in [0.2, 0.25) is 5.91 Å². The normalized spacial score (nSPS) is 29.1. The van der Waals surface area contributed by atoms with Crippen molar-refractivity contribution in [3.05, 3.63) is 23.8 Å². The van der Waals surface area contributed by atoms with E-state index in [1.54, 1.807) is 18.2 Å². The number of carbonyl (C=O) groups excluding carboxylic acids is 2. The summed E-state index contributed by atoms with van der Waals surface area (Å²) >= 11 is 0. The molecule has 27 heavy (non-hydrogen) atoms. The largest absolute Gasteiger partial charge is 0.486 e. The van der Waals surface area contributed by atoms with Crippen LogP contribution in [-0.4, -0.2) is 37.0 Å². The highest BCUT2D eigenvalue weighted by atomic mass is 16.6. The van der Waals surface area contributed by atoms with Gasteiger partial charge < -0.3 is 20.5 Å². The second-order valence-electron chi connectivity index (χ2n) is 8.06. The Morgan fingerprint density at radius 1 is 1.04 bits per heavy atom. The summed E-state index contributed by atoms with van der Waals surface area (Å²) in [7, 11) is 0. The first-order chi connectivity index (χ1) is 13.1. The van der Waals surface area contributed by atoms with Gasteiger partial charge in [0.05, 0.1) is 0 Å². The molecule has 1 aromatic carbocycles. The fourth-order valence-corrected chi connectivity index (χ4v) is 4.87. The third-order valence-corrected chi connectivity index (χ3v) is 6.15. The van der Waals surface area contributed by atoms with Crippen molar-refractivity contribution in [2.75, 3.05) is 13.2 Å². The number of benzene rings is 1. The van der Waals surface area contributed by atoms with E-state index in [0.717, 1.165) is 25.7 Å². The number of amides is 1. The lowest BCUT2D eigenvalue weighted by molar-refractivity contribution is -0.123. The zero-order valence-corrected chi connectivity index (χ0v) is 15.6. The van der Waals surface area contributed by atoms with Crippen LogP contribution in [0.1, 0.15) is 55.3 Å². The minimum absolute atomic E-state index is 0.0294. The molecule has 3 N–H and O–H groups in total. The number of ether oxygens (including phenoxy) is 2. The summed E-state index contributed by atoms with van der Waals surface area (Å²) in [6.07, 6.45) is 5.94. The molecule has 0 spiro atoms. The van der Waals surface area contributed by atoms with E-state index in [9.17, 15) is 9.59 Å². The highest BCUT2D eigenvalue weighted by Crippen LogP contribution is 2.39. The molecule has 2 fully saturated rings. The predicted molar refractivity (Wildman–Crippen MR) is 101 cm³/mol. The molecule has 2 atom stereocenters. The maximum absolute atomic E-state index is 12.5. The number of rotatable bonds is 5. The lowest BCUT2D eigenvalue weighted by Gasteiger charge is -2.45. The Labute approximate surface area is 159 Å². The average Bonchev–Trinajstić information content (AvgIpc) is 2.66. The summed E-state index contributed by atoms with van der Waals surface area (Å²) in [5.41, 5.74) is 6.72. The molecule has 1 amide bonds. The predicted octanol–water partition coefficient (Wildman–Crippen LogP) is 2.44. The van der Waals surface area contributed by atoms with Crippen LogP contribution in [0.5, 0.6) is 11.5 Å². The summed E-state index contributed by atoms with van der Waals surface area (Å²) in [6.45, 7) is 1.01. The Kier molecular flexibility index (Phi) is 5.34. The van der Waals surface area contributed by atoms with Gasteiger partial charge >= 0.3 is 0 Å². The molecule has 2 unspecified atom stereocenters. The molecule has 2 bridgehead atoms. The van der Waals surface area contributed by atoms with Gasteiger partial charge in [0, 0.05) is 30.5 Å². The van der Waals surface area contributed by atoms with Gasteiger partial charge in [0.1, 0.15) is 13.2 Å². The number of nitrogens with two attached hydrogens (primary N) is 1. The quantitative estimate of drug-likeness (QED) is 0.775. The minimum Gasteiger partial charge on any atom is -0.486 e. The van der Waals surface area contributed by atoms with Gasteiger partial charge in [-0.05, 0) is 55.7 Å². The van der Waals surface area contributed by atoms with Crippen LogP contribution in [0.25, 0.3) is 0 Å². The Morgan fingerprint density at radius 3 is 2.48 bits per heavy atom. The van der Waals surface area contributed by atoms with Crippen LogP contribution in [0.4, 0.5) is 0 Å². The molecule has 0 aromatic heterocycles. The molecule has 2 aliphatic carbocycles. The topological polar surface area (TPSA) is 90.7 Å². The summed E-state index contributed by atoms with van der Waals surface area (Å²) in [6, 6.07) is 5.71. The van der Waals surface area contributed by atoms with Crippen LogP contribution in [0, 0.1) is 11.8 Å². The van der Waals surface area contributed by atoms with Crippen molar-refractivity contribution < 1.29 is 19.1 Å². The lowest BCUT2D eigenvalue weighted by Crippen LogP contribution is -2.53. The van der Waals surface area contributed by atoms with Gasteiger partial charge in [-0.25, -0.2) is 0 Å². The molecule has 4 rings (SSSR count). The molecule has 3 aliphatic rings.